The molecular formula is C23H26FN5. The van der Waals surface area contributed by atoms with Crippen molar-refractivity contribution < 1.29 is 4.39 Å². The highest BCUT2D eigenvalue weighted by atomic mass is 19.1. The van der Waals surface area contributed by atoms with E-state index in [1.807, 2.05) is 47.3 Å². The van der Waals surface area contributed by atoms with Gasteiger partial charge in [0.2, 0.25) is 0 Å². The molecule has 3 aromatic rings. The zero-order valence-electron chi connectivity index (χ0n) is 16.6. The molecule has 2 aromatic carbocycles. The smallest absolute Gasteiger partial charge is 0.191 e. The van der Waals surface area contributed by atoms with E-state index in [4.69, 9.17) is 0 Å². The summed E-state index contributed by atoms with van der Waals surface area (Å²) < 4.78 is 15.5. The zero-order chi connectivity index (χ0) is 20.1. The highest BCUT2D eigenvalue weighted by molar-refractivity contribution is 5.79. The molecule has 5 nitrogen and oxygen atoms in total. The molecule has 0 aliphatic heterocycles. The predicted octanol–water partition coefficient (Wildman–Crippen LogP) is 3.45. The van der Waals surface area contributed by atoms with Crippen LogP contribution in [0.2, 0.25) is 0 Å². The molecule has 1 aliphatic carbocycles. The van der Waals surface area contributed by atoms with Crippen molar-refractivity contribution >= 4 is 5.96 Å². The first-order valence-corrected chi connectivity index (χ1v) is 9.98. The van der Waals surface area contributed by atoms with E-state index in [2.05, 4.69) is 26.9 Å². The molecule has 0 unspecified atom stereocenters. The normalized spacial score (nSPS) is 15.2. The minimum Gasteiger partial charge on any atom is -0.356 e. The van der Waals surface area contributed by atoms with Gasteiger partial charge in [0.15, 0.2) is 5.96 Å². The number of aromatic nitrogens is 2. The molecule has 0 atom stereocenters. The molecule has 0 bridgehead atoms. The van der Waals surface area contributed by atoms with E-state index < -0.39 is 0 Å². The number of nitrogens with zero attached hydrogens (tertiary/aromatic N) is 3. The fraction of sp³-hybridized carbons (Fsp3) is 0.304. The SMILES string of the molecule is CN=C(NCCc1cnn(-c2ccccc2)c1)NCC1(c2cccc(F)c2)CC1. The number of hydrogen-bond donors (Lipinski definition) is 2. The van der Waals surface area contributed by atoms with Gasteiger partial charge in [-0.15, -0.1) is 0 Å². The highest BCUT2D eigenvalue weighted by Gasteiger charge is 2.44. The van der Waals surface area contributed by atoms with Crippen LogP contribution in [0.4, 0.5) is 4.39 Å². The molecule has 2 N–H and O–H groups in total. The number of guanidine groups is 1. The van der Waals surface area contributed by atoms with Crippen molar-refractivity contribution in [3.05, 3.63) is 83.9 Å². The molecule has 1 heterocycles. The van der Waals surface area contributed by atoms with Crippen LogP contribution < -0.4 is 10.6 Å². The summed E-state index contributed by atoms with van der Waals surface area (Å²) in [5.41, 5.74) is 3.30. The van der Waals surface area contributed by atoms with Gasteiger partial charge >= 0.3 is 0 Å². The van der Waals surface area contributed by atoms with Gasteiger partial charge < -0.3 is 10.6 Å². The van der Waals surface area contributed by atoms with Crippen molar-refractivity contribution in [1.29, 1.82) is 0 Å². The van der Waals surface area contributed by atoms with Crippen LogP contribution in [0.5, 0.6) is 0 Å². The van der Waals surface area contributed by atoms with Crippen LogP contribution in [-0.4, -0.2) is 35.9 Å². The van der Waals surface area contributed by atoms with Crippen LogP contribution in [0.25, 0.3) is 5.69 Å². The lowest BCUT2D eigenvalue weighted by molar-refractivity contribution is 0.607. The summed E-state index contributed by atoms with van der Waals surface area (Å²) >= 11 is 0. The Hall–Kier alpha value is -3.15. The minimum atomic E-state index is -0.174. The largest absolute Gasteiger partial charge is 0.356 e. The van der Waals surface area contributed by atoms with Crippen molar-refractivity contribution in [1.82, 2.24) is 20.4 Å². The van der Waals surface area contributed by atoms with Gasteiger partial charge in [-0.3, -0.25) is 4.99 Å². The van der Waals surface area contributed by atoms with E-state index in [1.54, 1.807) is 19.2 Å². The van der Waals surface area contributed by atoms with Crippen molar-refractivity contribution in [2.75, 3.05) is 20.1 Å². The third-order valence-corrected chi connectivity index (χ3v) is 5.47. The molecule has 1 fully saturated rings. The Morgan fingerprint density at radius 3 is 2.69 bits per heavy atom. The third-order valence-electron chi connectivity index (χ3n) is 5.47. The lowest BCUT2D eigenvalue weighted by Crippen LogP contribution is -2.42. The molecular weight excluding hydrogens is 365 g/mol. The Morgan fingerprint density at radius 2 is 1.97 bits per heavy atom. The van der Waals surface area contributed by atoms with Gasteiger partial charge in [-0.05, 0) is 54.7 Å². The van der Waals surface area contributed by atoms with Crippen LogP contribution in [0.3, 0.4) is 0 Å². The maximum Gasteiger partial charge on any atom is 0.191 e. The number of nitrogens with one attached hydrogen (secondary N) is 2. The van der Waals surface area contributed by atoms with Gasteiger partial charge in [0.1, 0.15) is 5.82 Å². The quantitative estimate of drug-likeness (QED) is 0.479. The van der Waals surface area contributed by atoms with E-state index in [0.29, 0.717) is 0 Å². The number of hydrogen-bond acceptors (Lipinski definition) is 2. The number of halogens is 1. The first kappa shape index (κ1) is 19.2. The Morgan fingerprint density at radius 1 is 1.14 bits per heavy atom. The topological polar surface area (TPSA) is 54.2 Å². The Bertz CT molecular complexity index is 976. The summed E-state index contributed by atoms with van der Waals surface area (Å²) in [6, 6.07) is 17.0. The first-order valence-electron chi connectivity index (χ1n) is 9.98. The Kier molecular flexibility index (Phi) is 5.60. The molecule has 6 heteroatoms. The first-order chi connectivity index (χ1) is 14.2. The average molecular weight is 391 g/mol. The molecule has 1 aromatic heterocycles. The van der Waals surface area contributed by atoms with Gasteiger partial charge in [-0.2, -0.15) is 5.10 Å². The van der Waals surface area contributed by atoms with Gasteiger partial charge in [-0.1, -0.05) is 30.3 Å². The number of aliphatic imine (C=N–C) groups is 1. The monoisotopic (exact) mass is 391 g/mol. The second-order valence-electron chi connectivity index (χ2n) is 7.52. The molecule has 1 saturated carbocycles. The van der Waals surface area contributed by atoms with Crippen molar-refractivity contribution in [3.63, 3.8) is 0 Å². The second-order valence-corrected chi connectivity index (χ2v) is 7.52. The lowest BCUT2D eigenvalue weighted by atomic mass is 9.96. The zero-order valence-corrected chi connectivity index (χ0v) is 16.6. The Balaban J connectivity index is 1.27. The Labute approximate surface area is 170 Å². The second kappa shape index (κ2) is 8.47. The summed E-state index contributed by atoms with van der Waals surface area (Å²) in [5, 5.41) is 11.2. The van der Waals surface area contributed by atoms with E-state index in [0.717, 1.165) is 55.1 Å². The summed E-state index contributed by atoms with van der Waals surface area (Å²) in [5.74, 6) is 0.593. The molecule has 0 radical (unpaired) electrons. The van der Waals surface area contributed by atoms with E-state index >= 15 is 0 Å². The standard InChI is InChI=1S/C23H26FN5/c1-25-22(27-17-23(11-12-23)19-6-5-7-20(24)14-19)26-13-10-18-15-28-29(16-18)21-8-3-2-4-9-21/h2-9,14-16H,10-13,17H2,1H3,(H2,25,26,27). The van der Waals surface area contributed by atoms with Gasteiger partial charge in [0.25, 0.3) is 0 Å². The predicted molar refractivity (Wildman–Crippen MR) is 114 cm³/mol. The van der Waals surface area contributed by atoms with Crippen LogP contribution in [0, 0.1) is 5.82 Å². The highest BCUT2D eigenvalue weighted by Crippen LogP contribution is 2.47. The summed E-state index contributed by atoms with van der Waals surface area (Å²) in [7, 11) is 1.77. The van der Waals surface area contributed by atoms with Crippen molar-refractivity contribution in [2.24, 2.45) is 4.99 Å². The number of benzene rings is 2. The summed E-state index contributed by atoms with van der Waals surface area (Å²) in [4.78, 5) is 4.31. The summed E-state index contributed by atoms with van der Waals surface area (Å²) in [6.07, 6.45) is 6.94. The number of rotatable bonds is 7. The van der Waals surface area contributed by atoms with Crippen LogP contribution in [0.1, 0.15) is 24.0 Å². The molecule has 0 saturated heterocycles. The van der Waals surface area contributed by atoms with Crippen molar-refractivity contribution in [3.8, 4) is 5.69 Å². The lowest BCUT2D eigenvalue weighted by Gasteiger charge is -2.19. The van der Waals surface area contributed by atoms with Crippen LogP contribution in [-0.2, 0) is 11.8 Å². The maximum atomic E-state index is 13.6. The van der Waals surface area contributed by atoms with Crippen LogP contribution in [0.15, 0.2) is 72.0 Å². The third kappa shape index (κ3) is 4.65. The average Bonchev–Trinajstić information content (AvgIpc) is 3.40. The molecule has 150 valence electrons. The molecule has 0 spiro atoms. The van der Waals surface area contributed by atoms with Gasteiger partial charge in [0.05, 0.1) is 11.9 Å². The van der Waals surface area contributed by atoms with E-state index in [1.165, 1.54) is 6.07 Å². The van der Waals surface area contributed by atoms with E-state index in [-0.39, 0.29) is 11.2 Å². The minimum absolute atomic E-state index is 0.0243. The van der Waals surface area contributed by atoms with Gasteiger partial charge in [-0.25, -0.2) is 9.07 Å². The van der Waals surface area contributed by atoms with E-state index in [9.17, 15) is 4.39 Å². The fourth-order valence-electron chi connectivity index (χ4n) is 3.55. The molecule has 29 heavy (non-hydrogen) atoms. The molecule has 1 aliphatic rings. The van der Waals surface area contributed by atoms with Gasteiger partial charge in [0, 0.05) is 31.7 Å². The van der Waals surface area contributed by atoms with Crippen molar-refractivity contribution in [2.45, 2.75) is 24.7 Å². The maximum absolute atomic E-state index is 13.6. The van der Waals surface area contributed by atoms with Crippen LogP contribution >= 0.6 is 0 Å². The fourth-order valence-corrected chi connectivity index (χ4v) is 3.55. The molecule has 0 amide bonds. The molecule has 4 rings (SSSR count). The summed E-state index contributed by atoms with van der Waals surface area (Å²) in [6.45, 7) is 1.51. The number of para-hydroxylation sites is 1.